The van der Waals surface area contributed by atoms with Crippen molar-refractivity contribution < 1.29 is 13.2 Å². The SMILES string of the molecule is CC1CNCC1C(=O)CCS(=O)(=O)C(C)C. The van der Waals surface area contributed by atoms with Gasteiger partial charge in [0.25, 0.3) is 0 Å². The third-order valence-electron chi connectivity index (χ3n) is 3.28. The second kappa shape index (κ2) is 5.27. The van der Waals surface area contributed by atoms with Crippen LogP contribution in [-0.4, -0.2) is 38.3 Å². The number of hydrogen-bond donors (Lipinski definition) is 1. The Morgan fingerprint density at radius 1 is 1.38 bits per heavy atom. The van der Waals surface area contributed by atoms with Gasteiger partial charge in [0.2, 0.25) is 0 Å². The lowest BCUT2D eigenvalue weighted by Crippen LogP contribution is -2.26. The Balaban J connectivity index is 2.47. The number of ketones is 1. The van der Waals surface area contributed by atoms with Crippen LogP contribution in [0, 0.1) is 11.8 Å². The van der Waals surface area contributed by atoms with E-state index in [4.69, 9.17) is 0 Å². The van der Waals surface area contributed by atoms with Crippen molar-refractivity contribution in [1.82, 2.24) is 5.32 Å². The fraction of sp³-hybridized carbons (Fsp3) is 0.909. The summed E-state index contributed by atoms with van der Waals surface area (Å²) in [5.74, 6) is 0.408. The summed E-state index contributed by atoms with van der Waals surface area (Å²) >= 11 is 0. The van der Waals surface area contributed by atoms with Gasteiger partial charge in [-0.25, -0.2) is 8.42 Å². The van der Waals surface area contributed by atoms with Crippen molar-refractivity contribution in [2.45, 2.75) is 32.4 Å². The largest absolute Gasteiger partial charge is 0.316 e. The maximum atomic E-state index is 11.8. The van der Waals surface area contributed by atoms with Crippen LogP contribution in [0.4, 0.5) is 0 Å². The highest BCUT2D eigenvalue weighted by Gasteiger charge is 2.30. The van der Waals surface area contributed by atoms with E-state index in [0.717, 1.165) is 6.54 Å². The second-order valence-corrected chi connectivity index (χ2v) is 7.55. The number of nitrogens with one attached hydrogen (secondary N) is 1. The van der Waals surface area contributed by atoms with Crippen molar-refractivity contribution in [2.24, 2.45) is 11.8 Å². The molecule has 94 valence electrons. The van der Waals surface area contributed by atoms with Crippen LogP contribution in [0.15, 0.2) is 0 Å². The highest BCUT2D eigenvalue weighted by Crippen LogP contribution is 2.18. The molecule has 1 N–H and O–H groups in total. The summed E-state index contributed by atoms with van der Waals surface area (Å²) in [5, 5.41) is 2.76. The third kappa shape index (κ3) is 3.28. The molecule has 1 aliphatic rings. The van der Waals surface area contributed by atoms with Crippen LogP contribution in [0.25, 0.3) is 0 Å². The first-order valence-electron chi connectivity index (χ1n) is 5.79. The lowest BCUT2D eigenvalue weighted by molar-refractivity contribution is -0.122. The van der Waals surface area contributed by atoms with Gasteiger partial charge >= 0.3 is 0 Å². The number of carbonyl (C=O) groups is 1. The first kappa shape index (κ1) is 13.6. The summed E-state index contributed by atoms with van der Waals surface area (Å²) in [5.41, 5.74) is 0. The average Bonchev–Trinajstić information content (AvgIpc) is 2.61. The standard InChI is InChI=1S/C11H21NO3S/c1-8(2)16(14,15)5-4-11(13)10-7-12-6-9(10)3/h8-10,12H,4-7H2,1-3H3. The molecular weight excluding hydrogens is 226 g/mol. The quantitative estimate of drug-likeness (QED) is 0.774. The van der Waals surface area contributed by atoms with E-state index in [2.05, 4.69) is 5.32 Å². The van der Waals surface area contributed by atoms with Crippen LogP contribution >= 0.6 is 0 Å². The molecule has 0 aromatic rings. The fourth-order valence-corrected chi connectivity index (χ4v) is 2.86. The molecule has 0 saturated carbocycles. The van der Waals surface area contributed by atoms with E-state index >= 15 is 0 Å². The van der Waals surface area contributed by atoms with E-state index in [1.54, 1.807) is 13.8 Å². The van der Waals surface area contributed by atoms with Gasteiger partial charge in [-0.15, -0.1) is 0 Å². The van der Waals surface area contributed by atoms with Crippen molar-refractivity contribution in [3.63, 3.8) is 0 Å². The Morgan fingerprint density at radius 3 is 2.44 bits per heavy atom. The van der Waals surface area contributed by atoms with E-state index in [1.165, 1.54) is 0 Å². The molecule has 0 aromatic carbocycles. The molecule has 1 fully saturated rings. The monoisotopic (exact) mass is 247 g/mol. The van der Waals surface area contributed by atoms with Gasteiger partial charge in [-0.2, -0.15) is 0 Å². The normalized spacial score (nSPS) is 26.2. The smallest absolute Gasteiger partial charge is 0.153 e. The Kier molecular flexibility index (Phi) is 4.50. The van der Waals surface area contributed by atoms with Gasteiger partial charge < -0.3 is 5.32 Å². The van der Waals surface area contributed by atoms with Crippen molar-refractivity contribution in [2.75, 3.05) is 18.8 Å². The van der Waals surface area contributed by atoms with Crippen LogP contribution in [0.2, 0.25) is 0 Å². The van der Waals surface area contributed by atoms with Crippen LogP contribution in [0.3, 0.4) is 0 Å². The van der Waals surface area contributed by atoms with Crippen LogP contribution < -0.4 is 5.32 Å². The van der Waals surface area contributed by atoms with E-state index in [1.807, 2.05) is 6.92 Å². The molecule has 0 aliphatic carbocycles. The minimum absolute atomic E-state index is 0.00219. The van der Waals surface area contributed by atoms with Gasteiger partial charge in [0, 0.05) is 18.9 Å². The molecule has 5 heteroatoms. The first-order valence-corrected chi connectivity index (χ1v) is 7.51. The lowest BCUT2D eigenvalue weighted by atomic mass is 9.92. The molecule has 0 amide bonds. The Hall–Kier alpha value is -0.420. The molecule has 1 heterocycles. The topological polar surface area (TPSA) is 63.2 Å². The summed E-state index contributed by atoms with van der Waals surface area (Å²) in [6.07, 6.45) is 0.164. The zero-order valence-corrected chi connectivity index (χ0v) is 11.0. The molecule has 1 saturated heterocycles. The van der Waals surface area contributed by atoms with Crippen molar-refractivity contribution in [3.8, 4) is 0 Å². The number of Topliss-reactive ketones (excluding diaryl/α,β-unsaturated/α-hetero) is 1. The molecule has 0 spiro atoms. The van der Waals surface area contributed by atoms with Gasteiger partial charge in [0.05, 0.1) is 11.0 Å². The predicted molar refractivity (Wildman–Crippen MR) is 64.1 cm³/mol. The van der Waals surface area contributed by atoms with Crippen molar-refractivity contribution in [3.05, 3.63) is 0 Å². The summed E-state index contributed by atoms with van der Waals surface area (Å²) in [6.45, 7) is 6.88. The summed E-state index contributed by atoms with van der Waals surface area (Å²) in [6, 6.07) is 0. The number of rotatable bonds is 5. The molecular formula is C11H21NO3S. The summed E-state index contributed by atoms with van der Waals surface area (Å²) in [7, 11) is -3.08. The summed E-state index contributed by atoms with van der Waals surface area (Å²) in [4.78, 5) is 11.8. The fourth-order valence-electron chi connectivity index (χ4n) is 1.91. The molecule has 0 aromatic heterocycles. The maximum Gasteiger partial charge on any atom is 0.153 e. The third-order valence-corrected chi connectivity index (χ3v) is 5.49. The van der Waals surface area contributed by atoms with E-state index in [0.29, 0.717) is 12.5 Å². The van der Waals surface area contributed by atoms with Gasteiger partial charge in [0.15, 0.2) is 9.84 Å². The van der Waals surface area contributed by atoms with Gasteiger partial charge in [-0.1, -0.05) is 6.92 Å². The lowest BCUT2D eigenvalue weighted by Gasteiger charge is -2.13. The molecule has 4 nitrogen and oxygen atoms in total. The Labute approximate surface area is 97.7 Å². The molecule has 1 rings (SSSR count). The highest BCUT2D eigenvalue weighted by atomic mass is 32.2. The van der Waals surface area contributed by atoms with E-state index in [-0.39, 0.29) is 29.1 Å². The molecule has 0 bridgehead atoms. The molecule has 2 atom stereocenters. The van der Waals surface area contributed by atoms with Crippen LogP contribution in [0.5, 0.6) is 0 Å². The Morgan fingerprint density at radius 2 is 2.00 bits per heavy atom. The average molecular weight is 247 g/mol. The van der Waals surface area contributed by atoms with E-state index in [9.17, 15) is 13.2 Å². The number of carbonyl (C=O) groups excluding carboxylic acids is 1. The highest BCUT2D eigenvalue weighted by molar-refractivity contribution is 7.91. The molecule has 16 heavy (non-hydrogen) atoms. The summed E-state index contributed by atoms with van der Waals surface area (Å²) < 4.78 is 23.1. The number of sulfone groups is 1. The molecule has 1 aliphatic heterocycles. The number of hydrogen-bond acceptors (Lipinski definition) is 4. The van der Waals surface area contributed by atoms with Gasteiger partial charge in [-0.05, 0) is 26.3 Å². The van der Waals surface area contributed by atoms with Crippen LogP contribution in [0.1, 0.15) is 27.2 Å². The van der Waals surface area contributed by atoms with Crippen LogP contribution in [-0.2, 0) is 14.6 Å². The molecule has 2 unspecified atom stereocenters. The minimum Gasteiger partial charge on any atom is -0.316 e. The second-order valence-electron chi connectivity index (χ2n) is 4.87. The minimum atomic E-state index is -3.08. The molecule has 0 radical (unpaired) electrons. The maximum absolute atomic E-state index is 11.8. The van der Waals surface area contributed by atoms with Crippen molar-refractivity contribution in [1.29, 1.82) is 0 Å². The zero-order valence-electron chi connectivity index (χ0n) is 10.2. The predicted octanol–water partition coefficient (Wildman–Crippen LogP) is 0.624. The zero-order chi connectivity index (χ0) is 12.3. The van der Waals surface area contributed by atoms with Crippen molar-refractivity contribution >= 4 is 15.6 Å². The van der Waals surface area contributed by atoms with Gasteiger partial charge in [0.1, 0.15) is 5.78 Å². The van der Waals surface area contributed by atoms with E-state index < -0.39 is 9.84 Å². The van der Waals surface area contributed by atoms with Gasteiger partial charge in [-0.3, -0.25) is 4.79 Å². The first-order chi connectivity index (χ1) is 7.34. The Bertz CT molecular complexity index is 348.